The van der Waals surface area contributed by atoms with Crippen LogP contribution < -0.4 is 0 Å². The van der Waals surface area contributed by atoms with Gasteiger partial charge in [0.2, 0.25) is 0 Å². The zero-order valence-corrected chi connectivity index (χ0v) is 14.2. The molecule has 0 amide bonds. The summed E-state index contributed by atoms with van der Waals surface area (Å²) >= 11 is 0. The standard InChI is InChI=1S/C17H32N2O2/c1-17(2,3)21-16(20)13-14-6-5-7-15(12-14)19-10-8-18(4)9-11-19/h14-15H,5-13H2,1-4H3. The number of ether oxygens (including phenoxy) is 1. The lowest BCUT2D eigenvalue weighted by Crippen LogP contribution is -2.50. The molecule has 2 fully saturated rings. The SMILES string of the molecule is CN1CCN(C2CCCC(CC(=O)OC(C)(C)C)C2)CC1. The first kappa shape index (κ1) is 16.8. The van der Waals surface area contributed by atoms with E-state index < -0.39 is 0 Å². The van der Waals surface area contributed by atoms with Gasteiger partial charge in [-0.05, 0) is 53.0 Å². The molecule has 0 aromatic heterocycles. The fraction of sp³-hybridized carbons (Fsp3) is 0.941. The van der Waals surface area contributed by atoms with E-state index in [-0.39, 0.29) is 11.6 Å². The molecule has 0 bridgehead atoms. The van der Waals surface area contributed by atoms with Crippen LogP contribution in [0.25, 0.3) is 0 Å². The number of likely N-dealkylation sites (N-methyl/N-ethyl adjacent to an activating group) is 1. The van der Waals surface area contributed by atoms with Gasteiger partial charge in [-0.3, -0.25) is 9.69 Å². The molecule has 2 aliphatic rings. The van der Waals surface area contributed by atoms with Gasteiger partial charge in [0, 0.05) is 38.6 Å². The Kier molecular flexibility index (Phi) is 5.67. The molecule has 1 aliphatic heterocycles. The van der Waals surface area contributed by atoms with Crippen LogP contribution in [0.2, 0.25) is 0 Å². The van der Waals surface area contributed by atoms with Crippen molar-refractivity contribution in [2.75, 3.05) is 33.2 Å². The number of carbonyl (C=O) groups excluding carboxylic acids is 1. The first-order chi connectivity index (χ1) is 9.83. The van der Waals surface area contributed by atoms with Gasteiger partial charge in [0.15, 0.2) is 0 Å². The number of nitrogens with zero attached hydrogens (tertiary/aromatic N) is 2. The third-order valence-corrected chi connectivity index (χ3v) is 4.68. The summed E-state index contributed by atoms with van der Waals surface area (Å²) in [6.45, 7) is 10.5. The molecule has 0 radical (unpaired) electrons. The Bertz CT molecular complexity index is 343. The predicted octanol–water partition coefficient (Wildman–Crippen LogP) is 2.52. The van der Waals surface area contributed by atoms with Gasteiger partial charge in [0.05, 0.1) is 0 Å². The first-order valence-corrected chi connectivity index (χ1v) is 8.48. The normalized spacial score (nSPS) is 29.3. The van der Waals surface area contributed by atoms with Gasteiger partial charge in [-0.25, -0.2) is 0 Å². The fourth-order valence-electron chi connectivity index (χ4n) is 3.59. The highest BCUT2D eigenvalue weighted by atomic mass is 16.6. The van der Waals surface area contributed by atoms with E-state index in [1.807, 2.05) is 20.8 Å². The van der Waals surface area contributed by atoms with E-state index in [1.165, 1.54) is 51.9 Å². The molecule has 1 saturated heterocycles. The molecule has 0 spiro atoms. The molecule has 2 atom stereocenters. The van der Waals surface area contributed by atoms with Crippen LogP contribution in [0.3, 0.4) is 0 Å². The Hall–Kier alpha value is -0.610. The largest absolute Gasteiger partial charge is 0.460 e. The Labute approximate surface area is 129 Å². The molecule has 21 heavy (non-hydrogen) atoms. The van der Waals surface area contributed by atoms with Crippen molar-refractivity contribution in [2.45, 2.75) is 64.5 Å². The minimum absolute atomic E-state index is 0.0217. The second-order valence-corrected chi connectivity index (χ2v) is 7.82. The molecule has 0 N–H and O–H groups in total. The van der Waals surface area contributed by atoms with Crippen LogP contribution in [0.5, 0.6) is 0 Å². The highest BCUT2D eigenvalue weighted by molar-refractivity contribution is 5.70. The second kappa shape index (κ2) is 7.10. The number of hydrogen-bond donors (Lipinski definition) is 0. The van der Waals surface area contributed by atoms with Crippen molar-refractivity contribution in [3.8, 4) is 0 Å². The highest BCUT2D eigenvalue weighted by Gasteiger charge is 2.30. The van der Waals surface area contributed by atoms with Crippen molar-refractivity contribution >= 4 is 5.97 Å². The Morgan fingerprint density at radius 3 is 2.43 bits per heavy atom. The fourth-order valence-corrected chi connectivity index (χ4v) is 3.59. The molecule has 1 heterocycles. The van der Waals surface area contributed by atoms with E-state index in [2.05, 4.69) is 16.8 Å². The smallest absolute Gasteiger partial charge is 0.306 e. The summed E-state index contributed by atoms with van der Waals surface area (Å²) in [6, 6.07) is 0.680. The summed E-state index contributed by atoms with van der Waals surface area (Å²) in [7, 11) is 2.20. The molecule has 0 aromatic rings. The third kappa shape index (κ3) is 5.59. The van der Waals surface area contributed by atoms with Gasteiger partial charge in [-0.15, -0.1) is 0 Å². The predicted molar refractivity (Wildman–Crippen MR) is 85.3 cm³/mol. The average Bonchev–Trinajstić information content (AvgIpc) is 2.37. The lowest BCUT2D eigenvalue weighted by atomic mass is 9.83. The summed E-state index contributed by atoms with van der Waals surface area (Å²) in [5.41, 5.74) is -0.359. The number of rotatable bonds is 3. The van der Waals surface area contributed by atoms with E-state index in [1.54, 1.807) is 0 Å². The van der Waals surface area contributed by atoms with Gasteiger partial charge < -0.3 is 9.64 Å². The molecular formula is C17H32N2O2. The Balaban J connectivity index is 1.79. The van der Waals surface area contributed by atoms with E-state index in [4.69, 9.17) is 4.74 Å². The highest BCUT2D eigenvalue weighted by Crippen LogP contribution is 2.31. The van der Waals surface area contributed by atoms with Crippen LogP contribution in [0.15, 0.2) is 0 Å². The molecule has 2 rings (SSSR count). The number of hydrogen-bond acceptors (Lipinski definition) is 4. The van der Waals surface area contributed by atoms with Gasteiger partial charge in [-0.2, -0.15) is 0 Å². The van der Waals surface area contributed by atoms with Crippen molar-refractivity contribution in [1.82, 2.24) is 9.80 Å². The zero-order valence-electron chi connectivity index (χ0n) is 14.2. The molecule has 0 aromatic carbocycles. The summed E-state index contributed by atoms with van der Waals surface area (Å²) in [6.07, 6.45) is 5.51. The van der Waals surface area contributed by atoms with Gasteiger partial charge >= 0.3 is 5.97 Å². The monoisotopic (exact) mass is 296 g/mol. The van der Waals surface area contributed by atoms with Crippen LogP contribution in [0.1, 0.15) is 52.9 Å². The van der Waals surface area contributed by atoms with E-state index >= 15 is 0 Å². The quantitative estimate of drug-likeness (QED) is 0.749. The molecule has 4 heteroatoms. The molecule has 1 saturated carbocycles. The molecule has 1 aliphatic carbocycles. The first-order valence-electron chi connectivity index (χ1n) is 8.48. The minimum atomic E-state index is -0.359. The summed E-state index contributed by atoms with van der Waals surface area (Å²) < 4.78 is 5.48. The Morgan fingerprint density at radius 2 is 1.81 bits per heavy atom. The maximum absolute atomic E-state index is 12.0. The lowest BCUT2D eigenvalue weighted by molar-refractivity contribution is -0.156. The molecule has 2 unspecified atom stereocenters. The van der Waals surface area contributed by atoms with Crippen LogP contribution in [-0.2, 0) is 9.53 Å². The van der Waals surface area contributed by atoms with Gasteiger partial charge in [0.1, 0.15) is 5.60 Å². The molecular weight excluding hydrogens is 264 g/mol. The minimum Gasteiger partial charge on any atom is -0.460 e. The van der Waals surface area contributed by atoms with E-state index in [0.29, 0.717) is 18.4 Å². The van der Waals surface area contributed by atoms with Gasteiger partial charge in [-0.1, -0.05) is 6.42 Å². The van der Waals surface area contributed by atoms with Crippen molar-refractivity contribution in [3.05, 3.63) is 0 Å². The van der Waals surface area contributed by atoms with Crippen molar-refractivity contribution in [3.63, 3.8) is 0 Å². The third-order valence-electron chi connectivity index (χ3n) is 4.68. The number of esters is 1. The van der Waals surface area contributed by atoms with Crippen LogP contribution >= 0.6 is 0 Å². The second-order valence-electron chi connectivity index (χ2n) is 7.82. The maximum atomic E-state index is 12.0. The average molecular weight is 296 g/mol. The zero-order chi connectivity index (χ0) is 15.5. The van der Waals surface area contributed by atoms with Gasteiger partial charge in [0.25, 0.3) is 0 Å². The van der Waals surface area contributed by atoms with Crippen molar-refractivity contribution < 1.29 is 9.53 Å². The van der Waals surface area contributed by atoms with Crippen molar-refractivity contribution in [2.24, 2.45) is 5.92 Å². The van der Waals surface area contributed by atoms with Crippen LogP contribution in [-0.4, -0.2) is 60.6 Å². The lowest BCUT2D eigenvalue weighted by Gasteiger charge is -2.41. The molecule has 122 valence electrons. The van der Waals surface area contributed by atoms with Crippen LogP contribution in [0.4, 0.5) is 0 Å². The number of carbonyl (C=O) groups is 1. The Morgan fingerprint density at radius 1 is 1.14 bits per heavy atom. The summed E-state index contributed by atoms with van der Waals surface area (Å²) in [5, 5.41) is 0. The maximum Gasteiger partial charge on any atom is 0.306 e. The van der Waals surface area contributed by atoms with Crippen molar-refractivity contribution in [1.29, 1.82) is 0 Å². The summed E-state index contributed by atoms with van der Waals surface area (Å²) in [5.74, 6) is 0.491. The summed E-state index contributed by atoms with van der Waals surface area (Å²) in [4.78, 5) is 17.1. The topological polar surface area (TPSA) is 32.8 Å². The van der Waals surface area contributed by atoms with E-state index in [0.717, 1.165) is 0 Å². The van der Waals surface area contributed by atoms with E-state index in [9.17, 15) is 4.79 Å². The molecule has 4 nitrogen and oxygen atoms in total. The number of piperazine rings is 1. The van der Waals surface area contributed by atoms with Crippen LogP contribution in [0, 0.1) is 5.92 Å².